The number of rotatable bonds is 4. The molecule has 1 aromatic heterocycles. The molecule has 5 heteroatoms. The molecule has 1 amide bonds. The van der Waals surface area contributed by atoms with Gasteiger partial charge in [0.05, 0.1) is 0 Å². The second-order valence-electron chi connectivity index (χ2n) is 4.31. The molecule has 0 fully saturated rings. The van der Waals surface area contributed by atoms with Crippen molar-refractivity contribution >= 4 is 21.8 Å². The van der Waals surface area contributed by atoms with E-state index in [4.69, 9.17) is 4.42 Å². The molecule has 1 heterocycles. The first-order chi connectivity index (χ1) is 9.04. The van der Waals surface area contributed by atoms with Gasteiger partial charge >= 0.3 is 0 Å². The maximum atomic E-state index is 12.8. The molecule has 19 heavy (non-hydrogen) atoms. The predicted octanol–water partition coefficient (Wildman–Crippen LogP) is 3.54. The Bertz CT molecular complexity index is 565. The number of amides is 1. The van der Waals surface area contributed by atoms with Crippen LogP contribution in [0, 0.1) is 5.82 Å². The lowest BCUT2D eigenvalue weighted by Crippen LogP contribution is -2.33. The average molecular weight is 326 g/mol. The molecule has 0 aliphatic heterocycles. The van der Waals surface area contributed by atoms with E-state index >= 15 is 0 Å². The second-order valence-corrected chi connectivity index (χ2v) is 5.09. The molecule has 0 saturated heterocycles. The molecule has 0 spiro atoms. The van der Waals surface area contributed by atoms with Crippen LogP contribution >= 0.6 is 15.9 Å². The van der Waals surface area contributed by atoms with Gasteiger partial charge < -0.3 is 9.73 Å². The molecule has 0 aliphatic carbocycles. The molecule has 0 radical (unpaired) electrons. The smallest absolute Gasteiger partial charge is 0.287 e. The van der Waals surface area contributed by atoms with Crippen LogP contribution in [0.3, 0.4) is 0 Å². The summed E-state index contributed by atoms with van der Waals surface area (Å²) in [5.74, 6) is -0.265. The van der Waals surface area contributed by atoms with E-state index < -0.39 is 0 Å². The maximum Gasteiger partial charge on any atom is 0.287 e. The van der Waals surface area contributed by atoms with Gasteiger partial charge in [0, 0.05) is 6.04 Å². The highest BCUT2D eigenvalue weighted by molar-refractivity contribution is 9.10. The Morgan fingerprint density at radius 2 is 2.00 bits per heavy atom. The summed E-state index contributed by atoms with van der Waals surface area (Å²) in [6, 6.07) is 9.44. The quantitative estimate of drug-likeness (QED) is 0.934. The van der Waals surface area contributed by atoms with Crippen molar-refractivity contribution < 1.29 is 13.6 Å². The highest BCUT2D eigenvalue weighted by atomic mass is 79.9. The molecule has 0 bridgehead atoms. The number of nitrogens with one attached hydrogen (secondary N) is 1. The summed E-state index contributed by atoms with van der Waals surface area (Å²) in [7, 11) is 0. The van der Waals surface area contributed by atoms with Crippen molar-refractivity contribution in [3.05, 3.63) is 58.2 Å². The minimum atomic E-state index is -0.264. The lowest BCUT2D eigenvalue weighted by atomic mass is 10.1. The molecule has 1 aromatic carbocycles. The van der Waals surface area contributed by atoms with E-state index in [0.717, 1.165) is 5.56 Å². The monoisotopic (exact) mass is 325 g/mol. The SMILES string of the molecule is CC(Cc1ccc(F)cc1)NC(=O)c1ccc(Br)o1. The Labute approximate surface area is 118 Å². The third-order valence-corrected chi connectivity index (χ3v) is 3.06. The van der Waals surface area contributed by atoms with Crippen LogP contribution in [0.25, 0.3) is 0 Å². The lowest BCUT2D eigenvalue weighted by Gasteiger charge is -2.12. The van der Waals surface area contributed by atoms with Crippen LogP contribution in [0.4, 0.5) is 4.39 Å². The Morgan fingerprint density at radius 3 is 2.58 bits per heavy atom. The molecule has 1 unspecified atom stereocenters. The Hall–Kier alpha value is -1.62. The summed E-state index contributed by atoms with van der Waals surface area (Å²) in [5, 5.41) is 2.83. The summed E-state index contributed by atoms with van der Waals surface area (Å²) >= 11 is 3.15. The van der Waals surface area contributed by atoms with Crippen molar-refractivity contribution in [2.24, 2.45) is 0 Å². The van der Waals surface area contributed by atoms with Gasteiger partial charge in [0.1, 0.15) is 5.82 Å². The topological polar surface area (TPSA) is 42.2 Å². The minimum Gasteiger partial charge on any atom is -0.444 e. The molecule has 2 aromatic rings. The zero-order valence-electron chi connectivity index (χ0n) is 10.3. The number of halogens is 2. The van der Waals surface area contributed by atoms with Crippen molar-refractivity contribution in [3.8, 4) is 0 Å². The average Bonchev–Trinajstić information content (AvgIpc) is 2.79. The van der Waals surface area contributed by atoms with Gasteiger partial charge in [0.2, 0.25) is 0 Å². The van der Waals surface area contributed by atoms with Gasteiger partial charge in [-0.25, -0.2) is 4.39 Å². The Kier molecular flexibility index (Phi) is 4.37. The van der Waals surface area contributed by atoms with Crippen LogP contribution in [0.2, 0.25) is 0 Å². The zero-order chi connectivity index (χ0) is 13.8. The van der Waals surface area contributed by atoms with Gasteiger partial charge in [-0.3, -0.25) is 4.79 Å². The summed E-state index contributed by atoms with van der Waals surface area (Å²) < 4.78 is 18.5. The molecule has 100 valence electrons. The molecular formula is C14H13BrFNO2. The number of furan rings is 1. The third-order valence-electron chi connectivity index (χ3n) is 2.63. The summed E-state index contributed by atoms with van der Waals surface area (Å²) in [6.07, 6.45) is 0.633. The Morgan fingerprint density at radius 1 is 1.32 bits per heavy atom. The van der Waals surface area contributed by atoms with Crippen LogP contribution in [-0.2, 0) is 6.42 Å². The van der Waals surface area contributed by atoms with Crippen molar-refractivity contribution in [3.63, 3.8) is 0 Å². The van der Waals surface area contributed by atoms with Gasteiger partial charge in [-0.1, -0.05) is 12.1 Å². The van der Waals surface area contributed by atoms with Crippen LogP contribution in [0.15, 0.2) is 45.5 Å². The van der Waals surface area contributed by atoms with E-state index in [0.29, 0.717) is 11.1 Å². The van der Waals surface area contributed by atoms with Crippen LogP contribution in [0.5, 0.6) is 0 Å². The largest absolute Gasteiger partial charge is 0.444 e. The predicted molar refractivity (Wildman–Crippen MR) is 73.4 cm³/mol. The second kappa shape index (κ2) is 6.02. The van der Waals surface area contributed by atoms with Crippen molar-refractivity contribution in [1.29, 1.82) is 0 Å². The van der Waals surface area contributed by atoms with Gasteiger partial charge in [-0.2, -0.15) is 0 Å². The van der Waals surface area contributed by atoms with E-state index in [1.807, 2.05) is 6.92 Å². The minimum absolute atomic E-state index is 0.0677. The number of hydrogen-bond acceptors (Lipinski definition) is 2. The highest BCUT2D eigenvalue weighted by Gasteiger charge is 2.13. The fraction of sp³-hybridized carbons (Fsp3) is 0.214. The molecular weight excluding hydrogens is 313 g/mol. The zero-order valence-corrected chi connectivity index (χ0v) is 11.9. The highest BCUT2D eigenvalue weighted by Crippen LogP contribution is 2.14. The van der Waals surface area contributed by atoms with E-state index in [1.165, 1.54) is 12.1 Å². The number of carbonyl (C=O) groups is 1. The lowest BCUT2D eigenvalue weighted by molar-refractivity contribution is 0.0911. The number of carbonyl (C=O) groups excluding carboxylic acids is 1. The Balaban J connectivity index is 1.92. The standard InChI is InChI=1S/C14H13BrFNO2/c1-9(8-10-2-4-11(16)5-3-10)17-14(18)12-6-7-13(15)19-12/h2-7,9H,8H2,1H3,(H,17,18). The first-order valence-electron chi connectivity index (χ1n) is 5.85. The van der Waals surface area contributed by atoms with E-state index in [-0.39, 0.29) is 23.5 Å². The fourth-order valence-electron chi connectivity index (χ4n) is 1.76. The van der Waals surface area contributed by atoms with Crippen LogP contribution in [0.1, 0.15) is 23.0 Å². The molecule has 0 aliphatic rings. The molecule has 3 nitrogen and oxygen atoms in total. The van der Waals surface area contributed by atoms with Gasteiger partial charge in [0.15, 0.2) is 10.4 Å². The number of hydrogen-bond donors (Lipinski definition) is 1. The van der Waals surface area contributed by atoms with Crippen LogP contribution in [-0.4, -0.2) is 11.9 Å². The van der Waals surface area contributed by atoms with E-state index in [2.05, 4.69) is 21.2 Å². The van der Waals surface area contributed by atoms with Crippen molar-refractivity contribution in [2.75, 3.05) is 0 Å². The van der Waals surface area contributed by atoms with Gasteiger partial charge in [0.25, 0.3) is 5.91 Å². The number of benzene rings is 1. The third kappa shape index (κ3) is 3.92. The molecule has 0 saturated carbocycles. The van der Waals surface area contributed by atoms with Crippen LogP contribution < -0.4 is 5.32 Å². The first-order valence-corrected chi connectivity index (χ1v) is 6.64. The summed E-state index contributed by atoms with van der Waals surface area (Å²) in [6.45, 7) is 1.89. The van der Waals surface area contributed by atoms with E-state index in [1.54, 1.807) is 24.3 Å². The first kappa shape index (κ1) is 13.8. The van der Waals surface area contributed by atoms with E-state index in [9.17, 15) is 9.18 Å². The van der Waals surface area contributed by atoms with Crippen molar-refractivity contribution in [1.82, 2.24) is 5.32 Å². The van der Waals surface area contributed by atoms with Crippen molar-refractivity contribution in [2.45, 2.75) is 19.4 Å². The van der Waals surface area contributed by atoms with Gasteiger partial charge in [-0.05, 0) is 59.1 Å². The molecule has 1 atom stereocenters. The molecule has 1 N–H and O–H groups in total. The summed E-state index contributed by atoms with van der Waals surface area (Å²) in [5.41, 5.74) is 0.967. The normalized spacial score (nSPS) is 12.2. The summed E-state index contributed by atoms with van der Waals surface area (Å²) in [4.78, 5) is 11.8. The molecule has 2 rings (SSSR count). The maximum absolute atomic E-state index is 12.8. The van der Waals surface area contributed by atoms with Gasteiger partial charge in [-0.15, -0.1) is 0 Å². The fourth-order valence-corrected chi connectivity index (χ4v) is 2.06.